The standard InChI is InChI=1S/C21H20Cl2N2O4/c1-11(2)14-8-19(24-10-17(14)26)29-20-15(22)5-12(6-16(20)23)13-7-18(27-3)21(28-4)25-9-13/h5-9,11H,10H2,1-4H3. The fourth-order valence-electron chi connectivity index (χ4n) is 2.87. The number of benzene rings is 1. The SMILES string of the molecule is COc1cc(-c2cc(Cl)c(OC3=NCC(=O)C(C(C)C)=C3)c(Cl)c2)cnc1OC. The number of aliphatic imine (C=N–C) groups is 1. The maximum absolute atomic E-state index is 12.0. The highest BCUT2D eigenvalue weighted by Crippen LogP contribution is 2.39. The average Bonchev–Trinajstić information content (AvgIpc) is 2.70. The lowest BCUT2D eigenvalue weighted by molar-refractivity contribution is -0.114. The number of hydrogen-bond donors (Lipinski definition) is 0. The quantitative estimate of drug-likeness (QED) is 0.660. The molecule has 0 N–H and O–H groups in total. The molecule has 0 saturated carbocycles. The van der Waals surface area contributed by atoms with Crippen LogP contribution in [-0.2, 0) is 4.79 Å². The first-order valence-electron chi connectivity index (χ1n) is 8.88. The summed E-state index contributed by atoms with van der Waals surface area (Å²) >= 11 is 12.9. The molecule has 3 rings (SSSR count). The number of ether oxygens (including phenoxy) is 3. The van der Waals surface area contributed by atoms with Crippen LogP contribution in [0.3, 0.4) is 0 Å². The van der Waals surface area contributed by atoms with Gasteiger partial charge in [-0.3, -0.25) is 4.79 Å². The first kappa shape index (κ1) is 21.1. The van der Waals surface area contributed by atoms with Crippen molar-refractivity contribution in [2.45, 2.75) is 13.8 Å². The first-order chi connectivity index (χ1) is 13.8. The molecule has 0 radical (unpaired) electrons. The summed E-state index contributed by atoms with van der Waals surface area (Å²) in [5.74, 6) is 1.51. The summed E-state index contributed by atoms with van der Waals surface area (Å²) in [6, 6.07) is 5.21. The van der Waals surface area contributed by atoms with Crippen molar-refractivity contribution in [3.63, 3.8) is 0 Å². The van der Waals surface area contributed by atoms with Gasteiger partial charge < -0.3 is 14.2 Å². The molecular weight excluding hydrogens is 415 g/mol. The van der Waals surface area contributed by atoms with E-state index in [9.17, 15) is 4.79 Å². The second kappa shape index (κ2) is 8.84. The van der Waals surface area contributed by atoms with Crippen molar-refractivity contribution in [2.24, 2.45) is 10.9 Å². The van der Waals surface area contributed by atoms with Gasteiger partial charge >= 0.3 is 0 Å². The van der Waals surface area contributed by atoms with E-state index in [1.165, 1.54) is 14.2 Å². The Morgan fingerprint density at radius 1 is 1.03 bits per heavy atom. The Hall–Kier alpha value is -2.57. The van der Waals surface area contributed by atoms with E-state index in [0.29, 0.717) is 33.1 Å². The lowest BCUT2D eigenvalue weighted by Crippen LogP contribution is -2.21. The topological polar surface area (TPSA) is 70.0 Å². The number of nitrogens with zero attached hydrogens (tertiary/aromatic N) is 2. The van der Waals surface area contributed by atoms with Gasteiger partial charge in [0.25, 0.3) is 5.88 Å². The van der Waals surface area contributed by atoms with Crippen LogP contribution in [0.1, 0.15) is 13.8 Å². The molecule has 0 unspecified atom stereocenters. The number of hydrogen-bond acceptors (Lipinski definition) is 6. The first-order valence-corrected chi connectivity index (χ1v) is 9.64. The van der Waals surface area contributed by atoms with Crippen LogP contribution in [0.5, 0.6) is 17.4 Å². The summed E-state index contributed by atoms with van der Waals surface area (Å²) < 4.78 is 16.3. The van der Waals surface area contributed by atoms with Crippen LogP contribution >= 0.6 is 23.2 Å². The highest BCUT2D eigenvalue weighted by Gasteiger charge is 2.21. The van der Waals surface area contributed by atoms with Crippen molar-refractivity contribution in [3.8, 4) is 28.5 Å². The molecule has 0 saturated heterocycles. The number of rotatable bonds is 5. The zero-order valence-electron chi connectivity index (χ0n) is 16.5. The Bertz CT molecular complexity index is 993. The predicted octanol–water partition coefficient (Wildman–Crippen LogP) is 5.02. The number of carbonyl (C=O) groups is 1. The predicted molar refractivity (Wildman–Crippen MR) is 114 cm³/mol. The Kier molecular flexibility index (Phi) is 6.45. The maximum Gasteiger partial charge on any atom is 0.256 e. The summed E-state index contributed by atoms with van der Waals surface area (Å²) in [5.41, 5.74) is 2.15. The van der Waals surface area contributed by atoms with E-state index in [4.69, 9.17) is 37.4 Å². The Morgan fingerprint density at radius 3 is 2.31 bits per heavy atom. The van der Waals surface area contributed by atoms with Crippen LogP contribution in [0.15, 0.2) is 41.0 Å². The summed E-state index contributed by atoms with van der Waals surface area (Å²) in [6.45, 7) is 3.93. The van der Waals surface area contributed by atoms with Gasteiger partial charge in [-0.2, -0.15) is 0 Å². The van der Waals surface area contributed by atoms with Crippen LogP contribution in [0.25, 0.3) is 11.1 Å². The van der Waals surface area contributed by atoms with Crippen molar-refractivity contribution in [3.05, 3.63) is 46.1 Å². The molecule has 0 amide bonds. The van der Waals surface area contributed by atoms with Crippen molar-refractivity contribution < 1.29 is 19.0 Å². The number of Topliss-reactive ketones (excluding diaryl/α,β-unsaturated/α-hetero) is 1. The third-order valence-electron chi connectivity index (χ3n) is 4.37. The van der Waals surface area contributed by atoms with Gasteiger partial charge in [0, 0.05) is 23.4 Å². The molecule has 0 bridgehead atoms. The minimum absolute atomic E-state index is 0.0131. The summed E-state index contributed by atoms with van der Waals surface area (Å²) in [6.07, 6.45) is 3.27. The number of aromatic nitrogens is 1. The monoisotopic (exact) mass is 434 g/mol. The molecule has 29 heavy (non-hydrogen) atoms. The number of ketones is 1. The highest BCUT2D eigenvalue weighted by molar-refractivity contribution is 6.38. The lowest BCUT2D eigenvalue weighted by Gasteiger charge is -2.17. The zero-order valence-corrected chi connectivity index (χ0v) is 18.0. The van der Waals surface area contributed by atoms with Crippen LogP contribution in [-0.4, -0.2) is 37.4 Å². The Morgan fingerprint density at radius 2 is 1.72 bits per heavy atom. The minimum atomic E-state index is -0.0131. The Labute approximate surface area is 179 Å². The zero-order chi connectivity index (χ0) is 21.1. The fourth-order valence-corrected chi connectivity index (χ4v) is 3.43. The van der Waals surface area contributed by atoms with E-state index in [-0.39, 0.29) is 24.0 Å². The molecule has 152 valence electrons. The van der Waals surface area contributed by atoms with E-state index in [1.807, 2.05) is 13.8 Å². The smallest absolute Gasteiger partial charge is 0.256 e. The molecule has 2 heterocycles. The molecule has 1 aliphatic rings. The number of halogens is 2. The third-order valence-corrected chi connectivity index (χ3v) is 4.93. The van der Waals surface area contributed by atoms with E-state index in [1.54, 1.807) is 30.5 Å². The van der Waals surface area contributed by atoms with Crippen molar-refractivity contribution in [1.82, 2.24) is 4.98 Å². The molecule has 0 spiro atoms. The molecule has 1 aromatic heterocycles. The van der Waals surface area contributed by atoms with E-state index in [0.717, 1.165) is 11.1 Å². The summed E-state index contributed by atoms with van der Waals surface area (Å²) in [5, 5.41) is 0.614. The second-order valence-corrected chi connectivity index (χ2v) is 7.45. The largest absolute Gasteiger partial charge is 0.491 e. The van der Waals surface area contributed by atoms with E-state index >= 15 is 0 Å². The van der Waals surface area contributed by atoms with Crippen LogP contribution in [0.2, 0.25) is 10.0 Å². The van der Waals surface area contributed by atoms with Crippen LogP contribution in [0.4, 0.5) is 0 Å². The third kappa shape index (κ3) is 4.54. The van der Waals surface area contributed by atoms with Gasteiger partial charge in [0.2, 0.25) is 5.90 Å². The van der Waals surface area contributed by atoms with Crippen LogP contribution in [0, 0.1) is 5.92 Å². The molecule has 6 nitrogen and oxygen atoms in total. The lowest BCUT2D eigenvalue weighted by atomic mass is 9.97. The van der Waals surface area contributed by atoms with Gasteiger partial charge in [0.1, 0.15) is 6.54 Å². The van der Waals surface area contributed by atoms with Gasteiger partial charge in [0.05, 0.1) is 24.3 Å². The Balaban J connectivity index is 1.92. The van der Waals surface area contributed by atoms with Gasteiger partial charge in [-0.1, -0.05) is 37.0 Å². The average molecular weight is 435 g/mol. The summed E-state index contributed by atoms with van der Waals surface area (Å²) in [7, 11) is 3.06. The summed E-state index contributed by atoms with van der Waals surface area (Å²) in [4.78, 5) is 20.3. The van der Waals surface area contributed by atoms with Gasteiger partial charge in [-0.25, -0.2) is 9.98 Å². The number of methoxy groups -OCH3 is 2. The molecule has 0 fully saturated rings. The van der Waals surface area contributed by atoms with Gasteiger partial charge in [0.15, 0.2) is 17.3 Å². The number of carbonyl (C=O) groups excluding carboxylic acids is 1. The maximum atomic E-state index is 12.0. The number of dihydropyridines is 1. The number of pyridine rings is 1. The van der Waals surface area contributed by atoms with Crippen molar-refractivity contribution >= 4 is 34.9 Å². The molecule has 2 aromatic rings. The molecular formula is C21H20Cl2N2O4. The van der Waals surface area contributed by atoms with Crippen LogP contribution < -0.4 is 14.2 Å². The van der Waals surface area contributed by atoms with Gasteiger partial charge in [-0.05, 0) is 29.7 Å². The normalized spacial score (nSPS) is 13.8. The van der Waals surface area contributed by atoms with E-state index in [2.05, 4.69) is 9.98 Å². The highest BCUT2D eigenvalue weighted by atomic mass is 35.5. The van der Waals surface area contributed by atoms with Crippen molar-refractivity contribution in [1.29, 1.82) is 0 Å². The fraction of sp³-hybridized carbons (Fsp3) is 0.286. The van der Waals surface area contributed by atoms with E-state index < -0.39 is 0 Å². The van der Waals surface area contributed by atoms with Crippen molar-refractivity contribution in [2.75, 3.05) is 20.8 Å². The van der Waals surface area contributed by atoms with Gasteiger partial charge in [-0.15, -0.1) is 0 Å². The molecule has 0 atom stereocenters. The minimum Gasteiger partial charge on any atom is -0.491 e. The molecule has 8 heteroatoms. The molecule has 1 aliphatic heterocycles. The molecule has 1 aromatic carbocycles. The molecule has 0 aliphatic carbocycles. The second-order valence-electron chi connectivity index (χ2n) is 6.64.